The Morgan fingerprint density at radius 2 is 1.86 bits per heavy atom. The van der Waals surface area contributed by atoms with Gasteiger partial charge in [-0.25, -0.2) is 0 Å². The van der Waals surface area contributed by atoms with Crippen molar-refractivity contribution in [3.05, 3.63) is 0 Å². The van der Waals surface area contributed by atoms with Gasteiger partial charge in [0.25, 0.3) is 0 Å². The fourth-order valence-electron chi connectivity index (χ4n) is 4.03. The van der Waals surface area contributed by atoms with Crippen LogP contribution in [0.4, 0.5) is 0 Å². The first-order valence-electron chi connectivity index (χ1n) is 8.04. The summed E-state index contributed by atoms with van der Waals surface area (Å²) in [6.07, 6.45) is 3.95. The van der Waals surface area contributed by atoms with Gasteiger partial charge >= 0.3 is 5.97 Å². The highest BCUT2D eigenvalue weighted by atomic mass is 16.4. The number of carbonyl (C=O) groups excluding carboxylic acids is 1. The lowest BCUT2D eigenvalue weighted by Crippen LogP contribution is -2.53. The summed E-state index contributed by atoms with van der Waals surface area (Å²) in [6, 6.07) is -0.0704. The molecule has 0 bridgehead atoms. The van der Waals surface area contributed by atoms with Gasteiger partial charge < -0.3 is 16.2 Å². The number of rotatable bonds is 3. The maximum absolute atomic E-state index is 12.6. The van der Waals surface area contributed by atoms with Gasteiger partial charge in [-0.2, -0.15) is 0 Å². The lowest BCUT2D eigenvalue weighted by molar-refractivity contribution is -0.142. The van der Waals surface area contributed by atoms with Crippen molar-refractivity contribution in [2.75, 3.05) is 0 Å². The molecule has 21 heavy (non-hydrogen) atoms. The second-order valence-corrected chi connectivity index (χ2v) is 7.39. The monoisotopic (exact) mass is 296 g/mol. The van der Waals surface area contributed by atoms with Crippen molar-refractivity contribution >= 4 is 11.9 Å². The van der Waals surface area contributed by atoms with E-state index in [1.165, 1.54) is 0 Å². The fraction of sp³-hybridized carbons (Fsp3) is 0.875. The molecule has 2 aliphatic carbocycles. The van der Waals surface area contributed by atoms with Crippen LogP contribution in [0.1, 0.15) is 52.9 Å². The van der Waals surface area contributed by atoms with Crippen LogP contribution in [-0.2, 0) is 9.59 Å². The van der Waals surface area contributed by atoms with Gasteiger partial charge in [-0.15, -0.1) is 0 Å². The van der Waals surface area contributed by atoms with Crippen molar-refractivity contribution in [2.24, 2.45) is 28.9 Å². The summed E-state index contributed by atoms with van der Waals surface area (Å²) >= 11 is 0. The number of carboxylic acid groups (broad SMARTS) is 1. The Bertz CT molecular complexity index is 422. The molecule has 2 saturated carbocycles. The molecule has 0 aromatic rings. The van der Waals surface area contributed by atoms with Gasteiger partial charge in [-0.1, -0.05) is 27.2 Å². The molecule has 4 N–H and O–H groups in total. The molecule has 0 heterocycles. The SMILES string of the molecule is CC1C(N)CCC(C(=O)NC2CCCC2C(=O)O)C1(C)C. The molecule has 5 unspecified atom stereocenters. The Morgan fingerprint density at radius 1 is 1.19 bits per heavy atom. The molecule has 0 saturated heterocycles. The lowest BCUT2D eigenvalue weighted by Gasteiger charge is -2.46. The van der Waals surface area contributed by atoms with E-state index in [-0.39, 0.29) is 35.2 Å². The minimum absolute atomic E-state index is 0.0110. The van der Waals surface area contributed by atoms with Crippen molar-refractivity contribution in [3.8, 4) is 0 Å². The van der Waals surface area contributed by atoms with E-state index >= 15 is 0 Å². The minimum Gasteiger partial charge on any atom is -0.481 e. The molecular formula is C16H28N2O3. The third-order valence-corrected chi connectivity index (χ3v) is 5.98. The van der Waals surface area contributed by atoms with Crippen molar-refractivity contribution in [3.63, 3.8) is 0 Å². The van der Waals surface area contributed by atoms with E-state index in [4.69, 9.17) is 5.73 Å². The summed E-state index contributed by atoms with van der Waals surface area (Å²) in [5, 5.41) is 12.2. The molecular weight excluding hydrogens is 268 g/mol. The van der Waals surface area contributed by atoms with Crippen LogP contribution < -0.4 is 11.1 Å². The standard InChI is InChI=1S/C16H28N2O3/c1-9-12(17)8-7-11(16(9,2)3)14(19)18-13-6-4-5-10(13)15(20)21/h9-13H,4-8,17H2,1-3H3,(H,18,19)(H,20,21). The predicted octanol–water partition coefficient (Wildman–Crippen LogP) is 1.76. The smallest absolute Gasteiger partial charge is 0.308 e. The minimum atomic E-state index is -0.795. The molecule has 2 rings (SSSR count). The van der Waals surface area contributed by atoms with Crippen LogP contribution in [0.2, 0.25) is 0 Å². The van der Waals surface area contributed by atoms with Crippen LogP contribution in [0.15, 0.2) is 0 Å². The molecule has 5 atom stereocenters. The molecule has 5 nitrogen and oxygen atoms in total. The van der Waals surface area contributed by atoms with E-state index in [2.05, 4.69) is 26.1 Å². The van der Waals surface area contributed by atoms with Crippen LogP contribution in [0, 0.1) is 23.2 Å². The lowest BCUT2D eigenvalue weighted by atomic mass is 9.61. The fourth-order valence-corrected chi connectivity index (χ4v) is 4.03. The third-order valence-electron chi connectivity index (χ3n) is 5.98. The van der Waals surface area contributed by atoms with Gasteiger partial charge in [0.2, 0.25) is 5.91 Å². The van der Waals surface area contributed by atoms with E-state index in [0.29, 0.717) is 6.42 Å². The maximum atomic E-state index is 12.6. The van der Waals surface area contributed by atoms with Gasteiger partial charge in [-0.3, -0.25) is 9.59 Å². The Balaban J connectivity index is 2.04. The first kappa shape index (κ1) is 16.3. The summed E-state index contributed by atoms with van der Waals surface area (Å²) < 4.78 is 0. The predicted molar refractivity (Wildman–Crippen MR) is 80.6 cm³/mol. The highest BCUT2D eigenvalue weighted by molar-refractivity contribution is 5.81. The number of aliphatic carboxylic acids is 1. The van der Waals surface area contributed by atoms with Crippen molar-refractivity contribution in [1.29, 1.82) is 0 Å². The van der Waals surface area contributed by atoms with Crippen LogP contribution in [0.3, 0.4) is 0 Å². The van der Waals surface area contributed by atoms with E-state index in [0.717, 1.165) is 25.7 Å². The molecule has 0 radical (unpaired) electrons. The molecule has 2 fully saturated rings. The number of hydrogen-bond acceptors (Lipinski definition) is 3. The normalized spacial score (nSPS) is 39.0. The summed E-state index contributed by atoms with van der Waals surface area (Å²) in [6.45, 7) is 6.31. The Labute approximate surface area is 126 Å². The Kier molecular flexibility index (Phi) is 4.61. The molecule has 0 aliphatic heterocycles. The number of nitrogens with one attached hydrogen (secondary N) is 1. The number of carbonyl (C=O) groups is 2. The zero-order valence-electron chi connectivity index (χ0n) is 13.3. The van der Waals surface area contributed by atoms with Crippen LogP contribution in [-0.4, -0.2) is 29.1 Å². The van der Waals surface area contributed by atoms with Crippen LogP contribution >= 0.6 is 0 Å². The second-order valence-electron chi connectivity index (χ2n) is 7.39. The van der Waals surface area contributed by atoms with Gasteiger partial charge in [-0.05, 0) is 37.0 Å². The van der Waals surface area contributed by atoms with Crippen molar-refractivity contribution in [1.82, 2.24) is 5.32 Å². The van der Waals surface area contributed by atoms with E-state index in [1.54, 1.807) is 0 Å². The average Bonchev–Trinajstić information content (AvgIpc) is 2.84. The molecule has 0 aromatic carbocycles. The van der Waals surface area contributed by atoms with Gasteiger partial charge in [0.05, 0.1) is 5.92 Å². The maximum Gasteiger partial charge on any atom is 0.308 e. The molecule has 120 valence electrons. The highest BCUT2D eigenvalue weighted by Crippen LogP contribution is 2.44. The van der Waals surface area contributed by atoms with Crippen molar-refractivity contribution < 1.29 is 14.7 Å². The molecule has 2 aliphatic rings. The molecule has 5 heteroatoms. The Hall–Kier alpha value is -1.10. The second kappa shape index (κ2) is 5.95. The largest absolute Gasteiger partial charge is 0.481 e. The van der Waals surface area contributed by atoms with Gasteiger partial charge in [0.1, 0.15) is 0 Å². The average molecular weight is 296 g/mol. The van der Waals surface area contributed by atoms with Crippen molar-refractivity contribution in [2.45, 2.75) is 65.0 Å². The molecule has 1 amide bonds. The number of nitrogens with two attached hydrogens (primary N) is 1. The van der Waals surface area contributed by atoms with Gasteiger partial charge in [0.15, 0.2) is 0 Å². The van der Waals surface area contributed by atoms with E-state index in [1.807, 2.05) is 0 Å². The van der Waals surface area contributed by atoms with E-state index < -0.39 is 11.9 Å². The molecule has 0 spiro atoms. The van der Waals surface area contributed by atoms with Crippen LogP contribution in [0.5, 0.6) is 0 Å². The zero-order valence-corrected chi connectivity index (χ0v) is 13.3. The molecule has 0 aromatic heterocycles. The summed E-state index contributed by atoms with van der Waals surface area (Å²) in [5.74, 6) is -1.02. The number of hydrogen-bond donors (Lipinski definition) is 3. The van der Waals surface area contributed by atoms with Crippen LogP contribution in [0.25, 0.3) is 0 Å². The first-order chi connectivity index (χ1) is 9.75. The summed E-state index contributed by atoms with van der Waals surface area (Å²) in [7, 11) is 0. The summed E-state index contributed by atoms with van der Waals surface area (Å²) in [5.41, 5.74) is 5.98. The topological polar surface area (TPSA) is 92.4 Å². The number of amides is 1. The Morgan fingerprint density at radius 3 is 2.48 bits per heavy atom. The zero-order chi connectivity index (χ0) is 15.8. The summed E-state index contributed by atoms with van der Waals surface area (Å²) in [4.78, 5) is 23.9. The number of carboxylic acids is 1. The first-order valence-corrected chi connectivity index (χ1v) is 8.04. The van der Waals surface area contributed by atoms with Gasteiger partial charge in [0, 0.05) is 18.0 Å². The van der Waals surface area contributed by atoms with E-state index in [9.17, 15) is 14.7 Å². The highest BCUT2D eigenvalue weighted by Gasteiger charge is 2.46. The quantitative estimate of drug-likeness (QED) is 0.740. The third kappa shape index (κ3) is 3.07.